The predicted molar refractivity (Wildman–Crippen MR) is 91.0 cm³/mol. The molecule has 0 bridgehead atoms. The van der Waals surface area contributed by atoms with E-state index in [9.17, 15) is 0 Å². The Kier molecular flexibility index (Phi) is 5.12. The third-order valence-corrected chi connectivity index (χ3v) is 4.06. The standard InChI is InChI=1S/C18H23N3O2/c1-22-9-10-23-16-4-2-3-14(11-16)18-12-17(20-21-18)13-5-7-15(19)8-6-13/h2-8,11,17-18,20-21H,9-10,12,19H2,1H3. The van der Waals surface area contributed by atoms with E-state index in [0.717, 1.165) is 17.9 Å². The highest BCUT2D eigenvalue weighted by atomic mass is 16.5. The number of nitrogens with one attached hydrogen (secondary N) is 2. The Bertz CT molecular complexity index is 630. The average Bonchev–Trinajstić information content (AvgIpc) is 3.06. The lowest BCUT2D eigenvalue weighted by molar-refractivity contribution is 0.146. The minimum Gasteiger partial charge on any atom is -0.491 e. The van der Waals surface area contributed by atoms with Gasteiger partial charge in [0.1, 0.15) is 12.4 Å². The van der Waals surface area contributed by atoms with E-state index in [0.29, 0.717) is 13.2 Å². The maximum atomic E-state index is 5.75. The van der Waals surface area contributed by atoms with E-state index in [-0.39, 0.29) is 12.1 Å². The number of benzene rings is 2. The first-order chi connectivity index (χ1) is 11.3. The highest BCUT2D eigenvalue weighted by Crippen LogP contribution is 2.32. The van der Waals surface area contributed by atoms with Gasteiger partial charge in [0, 0.05) is 24.9 Å². The van der Waals surface area contributed by atoms with Crippen LogP contribution in [0, 0.1) is 0 Å². The topological polar surface area (TPSA) is 68.5 Å². The van der Waals surface area contributed by atoms with E-state index in [1.54, 1.807) is 7.11 Å². The predicted octanol–water partition coefficient (Wildman–Crippen LogP) is 2.57. The molecule has 0 aliphatic carbocycles. The van der Waals surface area contributed by atoms with Crippen LogP contribution in [0.15, 0.2) is 48.5 Å². The van der Waals surface area contributed by atoms with Gasteiger partial charge < -0.3 is 15.2 Å². The number of nitrogens with two attached hydrogens (primary N) is 1. The number of rotatable bonds is 6. The number of hydrogen-bond donors (Lipinski definition) is 3. The molecule has 0 amide bonds. The van der Waals surface area contributed by atoms with Crippen molar-refractivity contribution >= 4 is 5.69 Å². The second-order valence-corrected chi connectivity index (χ2v) is 5.71. The fraction of sp³-hybridized carbons (Fsp3) is 0.333. The van der Waals surface area contributed by atoms with Crippen molar-refractivity contribution in [3.05, 3.63) is 59.7 Å². The van der Waals surface area contributed by atoms with Gasteiger partial charge >= 0.3 is 0 Å². The van der Waals surface area contributed by atoms with Gasteiger partial charge in [0.15, 0.2) is 0 Å². The second-order valence-electron chi connectivity index (χ2n) is 5.71. The number of hydrazine groups is 1. The summed E-state index contributed by atoms with van der Waals surface area (Å²) in [6, 6.07) is 16.7. The van der Waals surface area contributed by atoms with Crippen LogP contribution in [-0.4, -0.2) is 20.3 Å². The summed E-state index contributed by atoms with van der Waals surface area (Å²) in [5, 5.41) is 0. The average molecular weight is 313 g/mol. The summed E-state index contributed by atoms with van der Waals surface area (Å²) in [5.41, 5.74) is 15.7. The largest absolute Gasteiger partial charge is 0.491 e. The smallest absolute Gasteiger partial charge is 0.119 e. The Morgan fingerprint density at radius 3 is 2.48 bits per heavy atom. The number of hydrogen-bond acceptors (Lipinski definition) is 5. The molecule has 23 heavy (non-hydrogen) atoms. The van der Waals surface area contributed by atoms with Crippen molar-refractivity contribution in [3.63, 3.8) is 0 Å². The first-order valence-electron chi connectivity index (χ1n) is 7.84. The molecule has 2 unspecified atom stereocenters. The van der Waals surface area contributed by atoms with E-state index in [1.807, 2.05) is 24.3 Å². The molecular formula is C18H23N3O2. The van der Waals surface area contributed by atoms with Crippen LogP contribution in [0.1, 0.15) is 29.6 Å². The van der Waals surface area contributed by atoms with Crippen LogP contribution in [0.4, 0.5) is 5.69 Å². The molecular weight excluding hydrogens is 290 g/mol. The van der Waals surface area contributed by atoms with Crippen LogP contribution < -0.4 is 21.3 Å². The molecule has 122 valence electrons. The van der Waals surface area contributed by atoms with Crippen molar-refractivity contribution in [2.24, 2.45) is 0 Å². The first kappa shape index (κ1) is 15.8. The molecule has 3 rings (SSSR count). The maximum Gasteiger partial charge on any atom is 0.119 e. The molecule has 2 aromatic carbocycles. The van der Waals surface area contributed by atoms with Gasteiger partial charge in [-0.1, -0.05) is 24.3 Å². The van der Waals surface area contributed by atoms with Gasteiger partial charge in [0.2, 0.25) is 0 Å². The van der Waals surface area contributed by atoms with Crippen molar-refractivity contribution in [1.82, 2.24) is 10.9 Å². The number of anilines is 1. The lowest BCUT2D eigenvalue weighted by atomic mass is 9.97. The molecule has 1 aliphatic rings. The minimum absolute atomic E-state index is 0.253. The third kappa shape index (κ3) is 4.01. The van der Waals surface area contributed by atoms with Crippen molar-refractivity contribution in [3.8, 4) is 5.75 Å². The van der Waals surface area contributed by atoms with Crippen LogP contribution in [0.3, 0.4) is 0 Å². The zero-order chi connectivity index (χ0) is 16.1. The van der Waals surface area contributed by atoms with Gasteiger partial charge in [-0.05, 0) is 41.8 Å². The Morgan fingerprint density at radius 1 is 1.00 bits per heavy atom. The van der Waals surface area contributed by atoms with Crippen LogP contribution in [0.2, 0.25) is 0 Å². The SMILES string of the molecule is COCCOc1cccc(C2CC(c3ccc(N)cc3)NN2)c1. The summed E-state index contributed by atoms with van der Waals surface area (Å²) in [6.45, 7) is 1.15. The molecule has 0 saturated carbocycles. The molecule has 2 atom stereocenters. The molecule has 5 heteroatoms. The van der Waals surface area contributed by atoms with E-state index < -0.39 is 0 Å². The lowest BCUT2D eigenvalue weighted by Gasteiger charge is -2.12. The molecule has 1 heterocycles. The van der Waals surface area contributed by atoms with Crippen molar-refractivity contribution in [2.45, 2.75) is 18.5 Å². The fourth-order valence-corrected chi connectivity index (χ4v) is 2.79. The lowest BCUT2D eigenvalue weighted by Crippen LogP contribution is -2.26. The Morgan fingerprint density at radius 2 is 1.74 bits per heavy atom. The van der Waals surface area contributed by atoms with Gasteiger partial charge in [-0.15, -0.1) is 0 Å². The van der Waals surface area contributed by atoms with Gasteiger partial charge in [0.25, 0.3) is 0 Å². The summed E-state index contributed by atoms with van der Waals surface area (Å²) >= 11 is 0. The number of nitrogen functional groups attached to an aromatic ring is 1. The van der Waals surface area contributed by atoms with Gasteiger partial charge in [-0.2, -0.15) is 0 Å². The second kappa shape index (κ2) is 7.46. The summed E-state index contributed by atoms with van der Waals surface area (Å²) in [5.74, 6) is 0.872. The first-order valence-corrected chi connectivity index (χ1v) is 7.84. The van der Waals surface area contributed by atoms with Crippen molar-refractivity contribution in [1.29, 1.82) is 0 Å². The molecule has 1 fully saturated rings. The molecule has 0 radical (unpaired) electrons. The molecule has 0 aromatic heterocycles. The zero-order valence-electron chi connectivity index (χ0n) is 13.3. The molecule has 5 nitrogen and oxygen atoms in total. The van der Waals surface area contributed by atoms with Crippen molar-refractivity contribution in [2.75, 3.05) is 26.1 Å². The Balaban J connectivity index is 1.64. The number of ether oxygens (including phenoxy) is 2. The Labute approximate surface area is 136 Å². The van der Waals surface area contributed by atoms with E-state index in [4.69, 9.17) is 15.2 Å². The summed E-state index contributed by atoms with van der Waals surface area (Å²) in [7, 11) is 1.67. The quantitative estimate of drug-likeness (QED) is 0.565. The van der Waals surface area contributed by atoms with Crippen LogP contribution in [0.5, 0.6) is 5.75 Å². The zero-order valence-corrected chi connectivity index (χ0v) is 13.3. The van der Waals surface area contributed by atoms with Crippen LogP contribution in [-0.2, 0) is 4.74 Å². The van der Waals surface area contributed by atoms with Crippen LogP contribution >= 0.6 is 0 Å². The summed E-state index contributed by atoms with van der Waals surface area (Å²) in [6.07, 6.45) is 0.978. The Hall–Kier alpha value is -2.08. The fourth-order valence-electron chi connectivity index (χ4n) is 2.79. The normalized spacial score (nSPS) is 20.6. The van der Waals surface area contributed by atoms with Gasteiger partial charge in [-0.25, -0.2) is 10.9 Å². The summed E-state index contributed by atoms with van der Waals surface area (Å²) in [4.78, 5) is 0. The minimum atomic E-state index is 0.253. The molecule has 1 aliphatic heterocycles. The third-order valence-electron chi connectivity index (χ3n) is 4.06. The maximum absolute atomic E-state index is 5.75. The highest BCUT2D eigenvalue weighted by Gasteiger charge is 2.26. The monoisotopic (exact) mass is 313 g/mol. The van der Waals surface area contributed by atoms with E-state index >= 15 is 0 Å². The number of methoxy groups -OCH3 is 1. The van der Waals surface area contributed by atoms with E-state index in [1.165, 1.54) is 11.1 Å². The van der Waals surface area contributed by atoms with Gasteiger partial charge in [-0.3, -0.25) is 0 Å². The molecule has 1 saturated heterocycles. The van der Waals surface area contributed by atoms with Gasteiger partial charge in [0.05, 0.1) is 6.61 Å². The molecule has 2 aromatic rings. The summed E-state index contributed by atoms with van der Waals surface area (Å²) < 4.78 is 10.7. The van der Waals surface area contributed by atoms with Crippen molar-refractivity contribution < 1.29 is 9.47 Å². The molecule has 0 spiro atoms. The van der Waals surface area contributed by atoms with Crippen LogP contribution in [0.25, 0.3) is 0 Å². The van der Waals surface area contributed by atoms with E-state index in [2.05, 4.69) is 35.1 Å². The molecule has 4 N–H and O–H groups in total. The highest BCUT2D eigenvalue weighted by molar-refractivity contribution is 5.40.